The van der Waals surface area contributed by atoms with Crippen LogP contribution in [0.3, 0.4) is 0 Å². The maximum atomic E-state index is 12.6. The average Bonchev–Trinajstić information content (AvgIpc) is 2.07. The van der Waals surface area contributed by atoms with Crippen LogP contribution in [0.4, 0.5) is 8.78 Å². The molecule has 0 amide bonds. The largest absolute Gasteiger partial charge is 0.396 e. The van der Waals surface area contributed by atoms with E-state index in [9.17, 15) is 8.78 Å². The van der Waals surface area contributed by atoms with Crippen molar-refractivity contribution in [3.63, 3.8) is 0 Å². The van der Waals surface area contributed by atoms with Crippen LogP contribution in [-0.4, -0.2) is 18.4 Å². The summed E-state index contributed by atoms with van der Waals surface area (Å²) in [6.07, 6.45) is 0. The lowest BCUT2D eigenvalue weighted by Crippen LogP contribution is -2.06. The van der Waals surface area contributed by atoms with Crippen molar-refractivity contribution in [3.8, 4) is 0 Å². The van der Waals surface area contributed by atoms with Crippen molar-refractivity contribution in [2.45, 2.75) is 5.92 Å². The molecular weight excluding hydrogens is 162 g/mol. The summed E-state index contributed by atoms with van der Waals surface area (Å²) in [5.41, 5.74) is 0.500. The molecule has 1 aromatic carbocycles. The molecule has 1 atom stereocenters. The summed E-state index contributed by atoms with van der Waals surface area (Å²) < 4.78 is 24.8. The Hall–Kier alpha value is -0.960. The number of hydrogen-bond donors (Lipinski definition) is 1. The van der Waals surface area contributed by atoms with Gasteiger partial charge in [-0.05, 0) is 17.7 Å². The maximum absolute atomic E-state index is 12.6. The zero-order valence-electron chi connectivity index (χ0n) is 6.50. The van der Waals surface area contributed by atoms with Crippen molar-refractivity contribution in [2.24, 2.45) is 0 Å². The SMILES string of the molecule is OCC(CF)c1cccc(F)c1. The quantitative estimate of drug-likeness (QED) is 0.737. The second-order valence-electron chi connectivity index (χ2n) is 2.59. The van der Waals surface area contributed by atoms with Crippen LogP contribution in [0.25, 0.3) is 0 Å². The standard InChI is InChI=1S/C9H10F2O/c10-5-8(6-12)7-2-1-3-9(11)4-7/h1-4,8,12H,5-6H2. The van der Waals surface area contributed by atoms with Crippen LogP contribution >= 0.6 is 0 Å². The molecule has 0 aliphatic rings. The Balaban J connectivity index is 2.85. The van der Waals surface area contributed by atoms with Crippen molar-refractivity contribution < 1.29 is 13.9 Å². The summed E-state index contributed by atoms with van der Waals surface area (Å²) in [6.45, 7) is -0.958. The van der Waals surface area contributed by atoms with E-state index >= 15 is 0 Å². The fourth-order valence-corrected chi connectivity index (χ4v) is 1.00. The van der Waals surface area contributed by atoms with E-state index in [1.54, 1.807) is 6.07 Å². The van der Waals surface area contributed by atoms with E-state index < -0.39 is 18.4 Å². The normalized spacial score (nSPS) is 12.9. The van der Waals surface area contributed by atoms with E-state index in [4.69, 9.17) is 5.11 Å². The van der Waals surface area contributed by atoms with Crippen LogP contribution in [0.1, 0.15) is 11.5 Å². The van der Waals surface area contributed by atoms with Crippen LogP contribution < -0.4 is 0 Å². The lowest BCUT2D eigenvalue weighted by atomic mass is 10.0. The number of aliphatic hydroxyl groups is 1. The molecule has 0 bridgehead atoms. The van der Waals surface area contributed by atoms with Crippen LogP contribution in [-0.2, 0) is 0 Å². The average molecular weight is 172 g/mol. The molecular formula is C9H10F2O. The second kappa shape index (κ2) is 4.16. The fraction of sp³-hybridized carbons (Fsp3) is 0.333. The minimum absolute atomic E-state index is 0.292. The topological polar surface area (TPSA) is 20.2 Å². The predicted octanol–water partition coefficient (Wildman–Crippen LogP) is 1.87. The van der Waals surface area contributed by atoms with E-state index in [1.165, 1.54) is 18.2 Å². The van der Waals surface area contributed by atoms with E-state index in [0.717, 1.165) is 0 Å². The first-order valence-corrected chi connectivity index (χ1v) is 3.70. The second-order valence-corrected chi connectivity index (χ2v) is 2.59. The summed E-state index contributed by atoms with van der Waals surface area (Å²) in [6, 6.07) is 5.63. The molecule has 3 heteroatoms. The van der Waals surface area contributed by atoms with Gasteiger partial charge in [-0.15, -0.1) is 0 Å². The molecule has 1 aromatic rings. The predicted molar refractivity (Wildman–Crippen MR) is 42.2 cm³/mol. The molecule has 12 heavy (non-hydrogen) atoms. The highest BCUT2D eigenvalue weighted by Gasteiger charge is 2.09. The highest BCUT2D eigenvalue weighted by atomic mass is 19.1. The summed E-state index contributed by atoms with van der Waals surface area (Å²) in [5.74, 6) is -1.000. The van der Waals surface area contributed by atoms with Gasteiger partial charge in [0, 0.05) is 5.92 Å². The molecule has 0 spiro atoms. The number of alkyl halides is 1. The molecule has 1 nitrogen and oxygen atoms in total. The van der Waals surface area contributed by atoms with Crippen LogP contribution in [0.2, 0.25) is 0 Å². The first kappa shape index (κ1) is 9.13. The van der Waals surface area contributed by atoms with Crippen molar-refractivity contribution in [1.82, 2.24) is 0 Å². The van der Waals surface area contributed by atoms with E-state index in [1.807, 2.05) is 0 Å². The third-order valence-corrected chi connectivity index (χ3v) is 1.73. The van der Waals surface area contributed by atoms with Crippen LogP contribution in [0.5, 0.6) is 0 Å². The van der Waals surface area contributed by atoms with Gasteiger partial charge in [-0.1, -0.05) is 12.1 Å². The van der Waals surface area contributed by atoms with Crippen LogP contribution in [0, 0.1) is 5.82 Å². The molecule has 0 radical (unpaired) electrons. The molecule has 0 fully saturated rings. The van der Waals surface area contributed by atoms with Gasteiger partial charge < -0.3 is 5.11 Å². The first-order valence-electron chi connectivity index (χ1n) is 3.70. The van der Waals surface area contributed by atoms with Gasteiger partial charge in [-0.3, -0.25) is 4.39 Å². The Morgan fingerprint density at radius 3 is 2.67 bits per heavy atom. The Bertz CT molecular complexity index is 246. The number of benzene rings is 1. The van der Waals surface area contributed by atoms with Crippen molar-refractivity contribution in [1.29, 1.82) is 0 Å². The maximum Gasteiger partial charge on any atom is 0.123 e. The van der Waals surface area contributed by atoms with Gasteiger partial charge in [0.15, 0.2) is 0 Å². The summed E-state index contributed by atoms with van der Waals surface area (Å²) in [4.78, 5) is 0. The summed E-state index contributed by atoms with van der Waals surface area (Å²) in [7, 11) is 0. The molecule has 0 aromatic heterocycles. The van der Waals surface area contributed by atoms with Gasteiger partial charge in [0.2, 0.25) is 0 Å². The third kappa shape index (κ3) is 2.01. The Morgan fingerprint density at radius 1 is 1.42 bits per heavy atom. The summed E-state index contributed by atoms with van der Waals surface area (Å²) in [5, 5.41) is 8.71. The third-order valence-electron chi connectivity index (χ3n) is 1.73. The van der Waals surface area contributed by atoms with Gasteiger partial charge in [0.1, 0.15) is 5.82 Å². The van der Waals surface area contributed by atoms with Gasteiger partial charge in [-0.2, -0.15) is 0 Å². The van der Waals surface area contributed by atoms with E-state index in [2.05, 4.69) is 0 Å². The molecule has 0 aliphatic heterocycles. The van der Waals surface area contributed by atoms with E-state index in [0.29, 0.717) is 5.56 Å². The summed E-state index contributed by atoms with van der Waals surface area (Å²) >= 11 is 0. The smallest absolute Gasteiger partial charge is 0.123 e. The zero-order chi connectivity index (χ0) is 8.97. The molecule has 0 heterocycles. The lowest BCUT2D eigenvalue weighted by molar-refractivity contribution is 0.241. The number of rotatable bonds is 3. The Kier molecular flexibility index (Phi) is 3.17. The van der Waals surface area contributed by atoms with Gasteiger partial charge in [0.05, 0.1) is 13.3 Å². The minimum atomic E-state index is -0.667. The van der Waals surface area contributed by atoms with Gasteiger partial charge >= 0.3 is 0 Å². The molecule has 0 saturated carbocycles. The highest BCUT2D eigenvalue weighted by Crippen LogP contribution is 2.16. The monoisotopic (exact) mass is 172 g/mol. The van der Waals surface area contributed by atoms with Crippen molar-refractivity contribution >= 4 is 0 Å². The van der Waals surface area contributed by atoms with Crippen molar-refractivity contribution in [2.75, 3.05) is 13.3 Å². The van der Waals surface area contributed by atoms with Gasteiger partial charge in [-0.25, -0.2) is 4.39 Å². The zero-order valence-corrected chi connectivity index (χ0v) is 6.50. The lowest BCUT2D eigenvalue weighted by Gasteiger charge is -2.09. The minimum Gasteiger partial charge on any atom is -0.396 e. The fourth-order valence-electron chi connectivity index (χ4n) is 1.00. The Labute approximate surface area is 69.7 Å². The molecule has 1 N–H and O–H groups in total. The molecule has 0 aliphatic carbocycles. The van der Waals surface area contributed by atoms with Gasteiger partial charge in [0.25, 0.3) is 0 Å². The highest BCUT2D eigenvalue weighted by molar-refractivity contribution is 5.20. The first-order chi connectivity index (χ1) is 5.77. The number of aliphatic hydroxyl groups excluding tert-OH is 1. The molecule has 1 rings (SSSR count). The Morgan fingerprint density at radius 2 is 2.17 bits per heavy atom. The van der Waals surface area contributed by atoms with Crippen molar-refractivity contribution in [3.05, 3.63) is 35.6 Å². The van der Waals surface area contributed by atoms with Crippen LogP contribution in [0.15, 0.2) is 24.3 Å². The number of hydrogen-bond acceptors (Lipinski definition) is 1. The molecule has 66 valence electrons. The number of halogens is 2. The molecule has 0 saturated heterocycles. The van der Waals surface area contributed by atoms with E-state index in [-0.39, 0.29) is 6.61 Å². The molecule has 1 unspecified atom stereocenters.